The largest absolute Gasteiger partial charge is 1.00 e. The molecule has 0 spiro atoms. The van der Waals surface area contributed by atoms with E-state index in [0.717, 1.165) is 12.8 Å². The number of phenols is 1. The number of carbonyl (C=O) groups excluding carboxylic acids is 5. The Balaban J connectivity index is -0.000000328. The van der Waals surface area contributed by atoms with Gasteiger partial charge in [0, 0.05) is 5.33 Å². The fourth-order valence-electron chi connectivity index (χ4n) is 7.40. The monoisotopic (exact) mass is 1140 g/mol. The van der Waals surface area contributed by atoms with E-state index in [9.17, 15) is 24.3 Å². The van der Waals surface area contributed by atoms with Crippen molar-refractivity contribution in [1.82, 2.24) is 0 Å². The van der Waals surface area contributed by atoms with Crippen LogP contribution in [-0.2, 0) is 28.6 Å². The summed E-state index contributed by atoms with van der Waals surface area (Å²) in [7, 11) is 0. The first kappa shape index (κ1) is 78.6. The number of hydrogen-bond donors (Lipinski definition) is 1. The van der Waals surface area contributed by atoms with Crippen molar-refractivity contribution >= 4 is 46.3 Å². The van der Waals surface area contributed by atoms with E-state index in [1.807, 2.05) is 0 Å². The van der Waals surface area contributed by atoms with Crippen molar-refractivity contribution in [3.8, 4) is 11.5 Å². The van der Waals surface area contributed by atoms with Crippen molar-refractivity contribution in [2.24, 2.45) is 0 Å². The first-order chi connectivity index (χ1) is 34.5. The molecule has 2 rings (SSSR count). The van der Waals surface area contributed by atoms with E-state index in [0.29, 0.717) is 23.5 Å². The molecule has 0 amide bonds. The van der Waals surface area contributed by atoms with E-state index in [-0.39, 0.29) is 154 Å². The van der Waals surface area contributed by atoms with Crippen molar-refractivity contribution in [2.45, 2.75) is 221 Å². The van der Waals surface area contributed by atoms with Gasteiger partial charge in [0.1, 0.15) is 11.5 Å². The summed E-state index contributed by atoms with van der Waals surface area (Å²) in [6.07, 6.45) is 38.6. The number of esters is 4. The molecular weight excluding hydrogens is 1050 g/mol. The van der Waals surface area contributed by atoms with Crippen LogP contribution in [0.1, 0.15) is 264 Å². The fraction of sp³-hybridized carbons (Fsp3) is 0.702. The molecular formula is C57H95BrK2O13. The summed E-state index contributed by atoms with van der Waals surface area (Å²) < 4.78 is 25.5. The molecule has 0 heterocycles. The normalized spacial score (nSPS) is 9.97. The topological polar surface area (TPSA) is 184 Å². The second-order valence-electron chi connectivity index (χ2n) is 17.3. The van der Waals surface area contributed by atoms with E-state index < -0.39 is 23.9 Å². The Kier molecular flexibility index (Phi) is 65.0. The van der Waals surface area contributed by atoms with E-state index >= 15 is 0 Å². The molecule has 0 aromatic heterocycles. The van der Waals surface area contributed by atoms with Gasteiger partial charge >= 0.3 is 127 Å². The summed E-state index contributed by atoms with van der Waals surface area (Å²) in [6, 6.07) is 8.56. The molecule has 16 heteroatoms. The number of halogens is 1. The summed E-state index contributed by atoms with van der Waals surface area (Å²) >= 11 is 3.48. The minimum atomic E-state index is -0.589. The number of alkyl halides is 1. The maximum absolute atomic E-state index is 12.1. The van der Waals surface area contributed by atoms with Crippen molar-refractivity contribution in [2.75, 3.05) is 38.4 Å². The van der Waals surface area contributed by atoms with Crippen LogP contribution < -0.4 is 113 Å². The molecule has 0 aliphatic carbocycles. The van der Waals surface area contributed by atoms with E-state index in [4.69, 9.17) is 33.7 Å². The van der Waals surface area contributed by atoms with Crippen LogP contribution in [0.3, 0.4) is 0 Å². The van der Waals surface area contributed by atoms with Gasteiger partial charge in [-0.2, -0.15) is 0 Å². The zero-order chi connectivity index (χ0) is 53.0. The SMILES string of the molecule is CCCCCCCCCCCCCCCCBr.CCCCCCCCCCCCCCCCOc1cc(C(=O)OCC)cc(C(=O)OCC)c1.CCOC(=O)c1cc(O)cc(C(=O)OCC)c1.O=CO[O-].[H-].[K+].[K+]. The molecule has 410 valence electrons. The molecule has 73 heavy (non-hydrogen) atoms. The molecule has 0 bridgehead atoms. The summed E-state index contributed by atoms with van der Waals surface area (Å²) in [4.78, 5) is 58.4. The van der Waals surface area contributed by atoms with Gasteiger partial charge in [-0.25, -0.2) is 19.2 Å². The zero-order valence-electron chi connectivity index (χ0n) is 47.8. The third-order valence-corrected chi connectivity index (χ3v) is 11.7. The minimum absolute atomic E-state index is 0. The molecule has 0 unspecified atom stereocenters. The zero-order valence-corrected chi connectivity index (χ0v) is 54.6. The number of unbranched alkanes of at least 4 members (excludes halogenated alkanes) is 26. The molecule has 2 aromatic carbocycles. The summed E-state index contributed by atoms with van der Waals surface area (Å²) in [5.41, 5.74) is 0.849. The molecule has 13 nitrogen and oxygen atoms in total. The van der Waals surface area contributed by atoms with Gasteiger partial charge in [0.05, 0.1) is 55.3 Å². The molecule has 0 aliphatic rings. The van der Waals surface area contributed by atoms with Gasteiger partial charge in [-0.05, 0) is 76.9 Å². The second kappa shape index (κ2) is 60.3. The van der Waals surface area contributed by atoms with Gasteiger partial charge in [-0.3, -0.25) is 4.79 Å². The Morgan fingerprint density at radius 3 is 0.945 bits per heavy atom. The van der Waals surface area contributed by atoms with E-state index in [2.05, 4.69) is 34.7 Å². The molecule has 0 radical (unpaired) electrons. The molecule has 2 aromatic rings. The van der Waals surface area contributed by atoms with Gasteiger partial charge in [-0.15, -0.1) is 0 Å². The summed E-state index contributed by atoms with van der Waals surface area (Å²) in [6.45, 7) is 12.8. The molecule has 0 atom stereocenters. The second-order valence-corrected chi connectivity index (χ2v) is 18.1. The molecule has 1 N–H and O–H groups in total. The Labute approximate surface area is 536 Å². The standard InChI is InChI=1S/C28H46O5.C16H33Br.C12H14O5.CH2O3.2K.H/c1-4-7-8-9-10-11-12-13-14-15-16-17-18-19-20-33-26-22-24(27(29)31-5-2)21-25(23-26)28(30)32-6-3;1-2-3-4-5-6-7-8-9-10-11-12-13-14-15-16-17;1-3-16-11(14)8-5-9(7-10(13)6-8)12(15)17-4-2;2-1-4-3;;;/h21-23H,4-20H2,1-3H3;2-16H2,1H3;5-7,13H,3-4H2,1-2H3;1,3H;;;/q;;;;2*+1;-1/p-1. The molecule has 0 saturated carbocycles. The minimum Gasteiger partial charge on any atom is -1.00 e. The van der Waals surface area contributed by atoms with Crippen molar-refractivity contribution in [1.29, 1.82) is 0 Å². The average molecular weight is 1150 g/mol. The number of rotatable bonds is 39. The third-order valence-electron chi connectivity index (χ3n) is 11.2. The van der Waals surface area contributed by atoms with Crippen LogP contribution in [0.5, 0.6) is 11.5 Å². The van der Waals surface area contributed by atoms with E-state index in [1.165, 1.54) is 197 Å². The van der Waals surface area contributed by atoms with Gasteiger partial charge in [0.2, 0.25) is 0 Å². The van der Waals surface area contributed by atoms with Crippen molar-refractivity contribution in [3.63, 3.8) is 0 Å². The van der Waals surface area contributed by atoms with E-state index in [1.54, 1.807) is 39.8 Å². The van der Waals surface area contributed by atoms with Crippen LogP contribution >= 0.6 is 15.9 Å². The maximum atomic E-state index is 12.1. The van der Waals surface area contributed by atoms with Gasteiger partial charge < -0.3 is 40.4 Å². The van der Waals surface area contributed by atoms with Crippen molar-refractivity contribution in [3.05, 3.63) is 58.7 Å². The summed E-state index contributed by atoms with van der Waals surface area (Å²) in [5, 5.41) is 19.0. The first-order valence-electron chi connectivity index (χ1n) is 27.1. The average Bonchev–Trinajstić information content (AvgIpc) is 3.37. The molecule has 0 saturated heterocycles. The summed E-state index contributed by atoms with van der Waals surface area (Å²) in [5.74, 6) is -1.80. The first-order valence-corrected chi connectivity index (χ1v) is 28.2. The van der Waals surface area contributed by atoms with Gasteiger partial charge in [-0.1, -0.05) is 197 Å². The smallest absolute Gasteiger partial charge is 1.00 e. The number of ether oxygens (including phenoxy) is 5. The quantitative estimate of drug-likeness (QED) is 0.00979. The van der Waals surface area contributed by atoms with Crippen molar-refractivity contribution < 1.29 is 167 Å². The molecule has 0 aliphatic heterocycles. The Morgan fingerprint density at radius 2 is 0.699 bits per heavy atom. The van der Waals surface area contributed by atoms with Crippen LogP contribution in [0.4, 0.5) is 0 Å². The number of carbonyl (C=O) groups is 5. The van der Waals surface area contributed by atoms with Crippen LogP contribution in [0, 0.1) is 0 Å². The van der Waals surface area contributed by atoms with Gasteiger partial charge in [0.15, 0.2) is 0 Å². The third kappa shape index (κ3) is 49.2. The maximum Gasteiger partial charge on any atom is 1.00 e. The van der Waals surface area contributed by atoms with Crippen LogP contribution in [-0.4, -0.2) is 73.8 Å². The van der Waals surface area contributed by atoms with Crippen LogP contribution in [0.2, 0.25) is 0 Å². The number of aromatic hydroxyl groups is 1. The fourth-order valence-corrected chi connectivity index (χ4v) is 7.79. The molecule has 0 fully saturated rings. The number of benzene rings is 2. The van der Waals surface area contributed by atoms with Gasteiger partial charge in [0.25, 0.3) is 6.47 Å². The van der Waals surface area contributed by atoms with Crippen LogP contribution in [0.25, 0.3) is 0 Å². The Bertz CT molecular complexity index is 1540. The predicted octanol–water partition coefficient (Wildman–Crippen LogP) is 9.06. The Hall–Kier alpha value is -0.897. The Morgan fingerprint density at radius 1 is 0.452 bits per heavy atom. The van der Waals surface area contributed by atoms with Crippen LogP contribution in [0.15, 0.2) is 36.4 Å². The number of hydrogen-bond acceptors (Lipinski definition) is 13. The number of phenolic OH excluding ortho intramolecular Hbond substituents is 1. The predicted molar refractivity (Wildman–Crippen MR) is 287 cm³/mol.